The predicted molar refractivity (Wildman–Crippen MR) is 82.2 cm³/mol. The lowest BCUT2D eigenvalue weighted by Crippen LogP contribution is -2.50. The Balaban J connectivity index is 2.24. The molecule has 1 N–H and O–H groups in total. The summed E-state index contributed by atoms with van der Waals surface area (Å²) in [4.78, 5) is 2.48. The van der Waals surface area contributed by atoms with Gasteiger partial charge in [0.15, 0.2) is 0 Å². The monoisotopic (exact) mass is 271 g/mol. The second-order valence-corrected chi connectivity index (χ2v) is 6.06. The summed E-state index contributed by atoms with van der Waals surface area (Å²) in [5.41, 5.74) is 0.443. The van der Waals surface area contributed by atoms with Crippen LogP contribution in [-0.4, -0.2) is 31.1 Å². The molecule has 0 aliphatic carbocycles. The molecule has 1 fully saturated rings. The molecule has 1 aliphatic heterocycles. The number of hydrogen-bond donors (Lipinski definition) is 1. The van der Waals surface area contributed by atoms with Crippen molar-refractivity contribution in [3.8, 4) is 6.07 Å². The Morgan fingerprint density at radius 3 is 2.65 bits per heavy atom. The first-order valence-electron chi connectivity index (χ1n) is 7.52. The van der Waals surface area contributed by atoms with Crippen LogP contribution in [-0.2, 0) is 5.54 Å². The predicted octanol–water partition coefficient (Wildman–Crippen LogP) is 2.75. The number of likely N-dealkylation sites (N-methyl/N-ethyl adjacent to an activating group) is 1. The maximum atomic E-state index is 9.78. The highest BCUT2D eigenvalue weighted by Gasteiger charge is 2.37. The average Bonchev–Trinajstić information content (AvgIpc) is 2.94. The van der Waals surface area contributed by atoms with Gasteiger partial charge in [0, 0.05) is 12.6 Å². The topological polar surface area (TPSA) is 39.1 Å². The van der Waals surface area contributed by atoms with E-state index in [0.29, 0.717) is 12.0 Å². The molecular weight excluding hydrogens is 246 g/mol. The van der Waals surface area contributed by atoms with E-state index < -0.39 is 5.54 Å². The van der Waals surface area contributed by atoms with Crippen LogP contribution in [0, 0.1) is 17.2 Å². The molecule has 2 atom stereocenters. The molecule has 0 spiro atoms. The van der Waals surface area contributed by atoms with E-state index in [2.05, 4.69) is 30.1 Å². The SMILES string of the molecule is CNC(C#N)(CN1CCCC1C(C)C)c1ccccc1. The Hall–Kier alpha value is -1.37. The second kappa shape index (κ2) is 6.39. The van der Waals surface area contributed by atoms with Crippen molar-refractivity contribution in [3.05, 3.63) is 35.9 Å². The van der Waals surface area contributed by atoms with Crippen LogP contribution in [0.4, 0.5) is 0 Å². The highest BCUT2D eigenvalue weighted by molar-refractivity contribution is 5.32. The standard InChI is InChI=1S/C17H25N3/c1-14(2)16-10-7-11-20(16)13-17(12-18,19-3)15-8-5-4-6-9-15/h4-6,8-9,14,16,19H,7,10-11,13H2,1-3H3. The molecule has 3 heteroatoms. The summed E-state index contributed by atoms with van der Waals surface area (Å²) in [5, 5.41) is 13.0. The maximum absolute atomic E-state index is 9.78. The van der Waals surface area contributed by atoms with Crippen LogP contribution >= 0.6 is 0 Å². The first kappa shape index (κ1) is 15.0. The van der Waals surface area contributed by atoms with Gasteiger partial charge in [0.1, 0.15) is 5.54 Å². The van der Waals surface area contributed by atoms with Crippen LogP contribution in [0.2, 0.25) is 0 Å². The largest absolute Gasteiger partial charge is 0.298 e. The maximum Gasteiger partial charge on any atom is 0.144 e. The van der Waals surface area contributed by atoms with Crippen LogP contribution in [0.5, 0.6) is 0 Å². The van der Waals surface area contributed by atoms with Gasteiger partial charge in [-0.15, -0.1) is 0 Å². The lowest BCUT2D eigenvalue weighted by molar-refractivity contribution is 0.168. The van der Waals surface area contributed by atoms with Crippen molar-refractivity contribution < 1.29 is 0 Å². The van der Waals surface area contributed by atoms with Gasteiger partial charge in [-0.1, -0.05) is 44.2 Å². The third-order valence-electron chi connectivity index (χ3n) is 4.51. The zero-order valence-electron chi connectivity index (χ0n) is 12.8. The average molecular weight is 271 g/mol. The van der Waals surface area contributed by atoms with Crippen molar-refractivity contribution in [1.29, 1.82) is 5.26 Å². The molecule has 1 heterocycles. The van der Waals surface area contributed by atoms with Gasteiger partial charge in [-0.05, 0) is 37.9 Å². The molecule has 108 valence electrons. The minimum Gasteiger partial charge on any atom is -0.298 e. The smallest absolute Gasteiger partial charge is 0.144 e. The van der Waals surface area contributed by atoms with Crippen LogP contribution in [0.1, 0.15) is 32.3 Å². The summed E-state index contributed by atoms with van der Waals surface area (Å²) < 4.78 is 0. The summed E-state index contributed by atoms with van der Waals surface area (Å²) in [6.45, 7) is 6.41. The normalized spacial score (nSPS) is 22.6. The first-order chi connectivity index (χ1) is 9.63. The van der Waals surface area contributed by atoms with E-state index in [0.717, 1.165) is 18.7 Å². The minimum atomic E-state index is -0.612. The molecule has 0 saturated carbocycles. The summed E-state index contributed by atoms with van der Waals surface area (Å²) in [7, 11) is 1.89. The third kappa shape index (κ3) is 2.87. The van der Waals surface area contributed by atoms with Gasteiger partial charge in [0.05, 0.1) is 6.07 Å². The summed E-state index contributed by atoms with van der Waals surface area (Å²) >= 11 is 0. The molecule has 1 aromatic carbocycles. The lowest BCUT2D eigenvalue weighted by Gasteiger charge is -2.35. The summed E-state index contributed by atoms with van der Waals surface area (Å²) in [5.74, 6) is 0.640. The summed E-state index contributed by atoms with van der Waals surface area (Å²) in [6.07, 6.45) is 2.49. The fourth-order valence-electron chi connectivity index (χ4n) is 3.30. The third-order valence-corrected chi connectivity index (χ3v) is 4.51. The Morgan fingerprint density at radius 2 is 2.10 bits per heavy atom. The first-order valence-corrected chi connectivity index (χ1v) is 7.52. The number of nitriles is 1. The van der Waals surface area contributed by atoms with Crippen molar-refractivity contribution in [2.24, 2.45) is 5.92 Å². The van der Waals surface area contributed by atoms with Gasteiger partial charge in [-0.2, -0.15) is 5.26 Å². The molecule has 0 aromatic heterocycles. The Kier molecular flexibility index (Phi) is 4.80. The van der Waals surface area contributed by atoms with Crippen LogP contribution in [0.15, 0.2) is 30.3 Å². The second-order valence-electron chi connectivity index (χ2n) is 6.06. The van der Waals surface area contributed by atoms with Gasteiger partial charge in [0.2, 0.25) is 0 Å². The molecule has 2 rings (SSSR count). The van der Waals surface area contributed by atoms with Gasteiger partial charge in [0.25, 0.3) is 0 Å². The van der Waals surface area contributed by atoms with Crippen molar-refractivity contribution >= 4 is 0 Å². The van der Waals surface area contributed by atoms with E-state index >= 15 is 0 Å². The fourth-order valence-corrected chi connectivity index (χ4v) is 3.30. The van der Waals surface area contributed by atoms with Crippen molar-refractivity contribution in [1.82, 2.24) is 10.2 Å². The van der Waals surface area contributed by atoms with Crippen LogP contribution in [0.3, 0.4) is 0 Å². The van der Waals surface area contributed by atoms with Gasteiger partial charge >= 0.3 is 0 Å². The number of hydrogen-bond acceptors (Lipinski definition) is 3. The molecule has 2 unspecified atom stereocenters. The van der Waals surface area contributed by atoms with Gasteiger partial charge in [-0.3, -0.25) is 10.2 Å². The number of nitrogens with one attached hydrogen (secondary N) is 1. The fraction of sp³-hybridized carbons (Fsp3) is 0.588. The molecule has 0 radical (unpaired) electrons. The number of rotatable bonds is 5. The molecule has 0 amide bonds. The van der Waals surface area contributed by atoms with Crippen molar-refractivity contribution in [3.63, 3.8) is 0 Å². The minimum absolute atomic E-state index is 0.597. The van der Waals surface area contributed by atoms with Crippen molar-refractivity contribution in [2.75, 3.05) is 20.1 Å². The van der Waals surface area contributed by atoms with E-state index in [-0.39, 0.29) is 0 Å². The molecule has 20 heavy (non-hydrogen) atoms. The molecular formula is C17H25N3. The highest BCUT2D eigenvalue weighted by atomic mass is 15.2. The molecule has 1 aliphatic rings. The number of nitrogens with zero attached hydrogens (tertiary/aromatic N) is 2. The number of benzene rings is 1. The zero-order valence-corrected chi connectivity index (χ0v) is 12.8. The quantitative estimate of drug-likeness (QED) is 0.895. The van der Waals surface area contributed by atoms with Gasteiger partial charge < -0.3 is 0 Å². The Morgan fingerprint density at radius 1 is 1.40 bits per heavy atom. The van der Waals surface area contributed by atoms with E-state index in [1.165, 1.54) is 12.8 Å². The van der Waals surface area contributed by atoms with Gasteiger partial charge in [-0.25, -0.2) is 0 Å². The molecule has 1 saturated heterocycles. The van der Waals surface area contributed by atoms with Crippen molar-refractivity contribution in [2.45, 2.75) is 38.3 Å². The highest BCUT2D eigenvalue weighted by Crippen LogP contribution is 2.29. The molecule has 3 nitrogen and oxygen atoms in total. The van der Waals surface area contributed by atoms with E-state index in [4.69, 9.17) is 0 Å². The zero-order chi connectivity index (χ0) is 14.6. The van der Waals surface area contributed by atoms with Crippen LogP contribution in [0.25, 0.3) is 0 Å². The summed E-state index contributed by atoms with van der Waals surface area (Å²) in [6, 6.07) is 13.2. The Bertz CT molecular complexity index is 463. The van der Waals surface area contributed by atoms with E-state index in [1.54, 1.807) is 0 Å². The van der Waals surface area contributed by atoms with Crippen LogP contribution < -0.4 is 5.32 Å². The molecule has 0 bridgehead atoms. The Labute approximate surface area is 122 Å². The number of likely N-dealkylation sites (tertiary alicyclic amines) is 1. The van der Waals surface area contributed by atoms with E-state index in [9.17, 15) is 5.26 Å². The van der Waals surface area contributed by atoms with E-state index in [1.807, 2.05) is 37.4 Å². The lowest BCUT2D eigenvalue weighted by atomic mass is 9.90. The molecule has 1 aromatic rings.